The minimum atomic E-state index is -4.69. The Morgan fingerprint density at radius 1 is 0.643 bits per heavy atom. The van der Waals surface area contributed by atoms with Gasteiger partial charge in [-0.1, -0.05) is 12.1 Å². The number of hydrogen-bond donors (Lipinski definition) is 0. The Kier molecular flexibility index (Phi) is 5.01. The van der Waals surface area contributed by atoms with E-state index < -0.39 is 52.3 Å². The molecule has 0 aromatic heterocycles. The number of ether oxygens (including phenoxy) is 1. The van der Waals surface area contributed by atoms with Gasteiger partial charge < -0.3 is 4.74 Å². The summed E-state index contributed by atoms with van der Waals surface area (Å²) in [5, 5.41) is 0. The van der Waals surface area contributed by atoms with Gasteiger partial charge >= 0.3 is 6.11 Å². The summed E-state index contributed by atoms with van der Waals surface area (Å²) in [7, 11) is 0. The van der Waals surface area contributed by atoms with Gasteiger partial charge in [-0.15, -0.1) is 0 Å². The zero-order valence-electron chi connectivity index (χ0n) is 13.6. The van der Waals surface area contributed by atoms with Crippen molar-refractivity contribution >= 4 is 0 Å². The molecule has 0 amide bonds. The summed E-state index contributed by atoms with van der Waals surface area (Å²) in [6.45, 7) is 0. The Balaban J connectivity index is 2.00. The third-order valence-corrected chi connectivity index (χ3v) is 3.69. The van der Waals surface area contributed by atoms with E-state index in [1.807, 2.05) is 0 Å². The number of hydrogen-bond acceptors (Lipinski definition) is 1. The van der Waals surface area contributed by atoms with E-state index in [2.05, 4.69) is 4.74 Å². The molecule has 28 heavy (non-hydrogen) atoms. The molecule has 0 spiro atoms. The molecule has 0 radical (unpaired) electrons. The van der Waals surface area contributed by atoms with Crippen molar-refractivity contribution in [3.8, 4) is 16.9 Å². The molecule has 0 aliphatic carbocycles. The first-order chi connectivity index (χ1) is 13.1. The Bertz CT molecular complexity index is 1000. The molecule has 0 atom stereocenters. The summed E-state index contributed by atoms with van der Waals surface area (Å²) in [6, 6.07) is 5.82. The Labute approximate surface area is 152 Å². The van der Waals surface area contributed by atoms with Gasteiger partial charge in [-0.05, 0) is 35.4 Å². The SMILES string of the molecule is Fc1cccc(-c2cc(F)c(C(F)(F)Oc3cc(F)c(F)c(F)c3)c(F)c2)c1. The van der Waals surface area contributed by atoms with Crippen LogP contribution < -0.4 is 4.74 Å². The Hall–Kier alpha value is -3.10. The molecule has 0 aliphatic heterocycles. The van der Waals surface area contributed by atoms with E-state index in [1.165, 1.54) is 12.1 Å². The van der Waals surface area contributed by atoms with Crippen LogP contribution in [0.15, 0.2) is 48.5 Å². The summed E-state index contributed by atoms with van der Waals surface area (Å²) in [5.74, 6) is -11.0. The van der Waals surface area contributed by atoms with Gasteiger partial charge in [0.1, 0.15) is 28.8 Å². The van der Waals surface area contributed by atoms with Crippen molar-refractivity contribution in [3.05, 3.63) is 89.0 Å². The monoisotopic (exact) mass is 404 g/mol. The van der Waals surface area contributed by atoms with Crippen LogP contribution in [-0.2, 0) is 6.11 Å². The normalized spacial score (nSPS) is 11.6. The summed E-state index contributed by atoms with van der Waals surface area (Å²) in [6.07, 6.45) is -4.69. The van der Waals surface area contributed by atoms with Gasteiger partial charge in [0.15, 0.2) is 17.5 Å². The van der Waals surface area contributed by atoms with Crippen molar-refractivity contribution < 1.29 is 39.9 Å². The van der Waals surface area contributed by atoms with Crippen LogP contribution in [0.2, 0.25) is 0 Å². The molecule has 0 fully saturated rings. The van der Waals surface area contributed by atoms with Gasteiger partial charge in [-0.25, -0.2) is 26.3 Å². The van der Waals surface area contributed by atoms with Crippen LogP contribution in [0, 0.1) is 34.9 Å². The van der Waals surface area contributed by atoms with E-state index in [9.17, 15) is 35.1 Å². The minimum Gasteiger partial charge on any atom is -0.429 e. The summed E-state index contributed by atoms with van der Waals surface area (Å²) in [4.78, 5) is 0. The van der Waals surface area contributed by atoms with E-state index in [-0.39, 0.29) is 23.3 Å². The van der Waals surface area contributed by atoms with Crippen molar-refractivity contribution in [1.82, 2.24) is 0 Å². The van der Waals surface area contributed by atoms with E-state index in [1.54, 1.807) is 0 Å². The van der Waals surface area contributed by atoms with Crippen LogP contribution in [0.25, 0.3) is 11.1 Å². The first-order valence-corrected chi connectivity index (χ1v) is 7.55. The maximum absolute atomic E-state index is 14.2. The predicted molar refractivity (Wildman–Crippen MR) is 82.6 cm³/mol. The maximum Gasteiger partial charge on any atom is 0.432 e. The molecule has 0 aliphatic rings. The zero-order chi connectivity index (χ0) is 20.6. The van der Waals surface area contributed by atoms with Crippen molar-refractivity contribution in [2.24, 2.45) is 0 Å². The topological polar surface area (TPSA) is 9.23 Å². The standard InChI is InChI=1S/C19H8F8O/c20-11-3-1-2-9(4-11)10-5-13(21)17(14(22)6-10)19(26,27)28-12-7-15(23)18(25)16(24)8-12/h1-8H. The molecule has 3 rings (SSSR count). The lowest BCUT2D eigenvalue weighted by Gasteiger charge is -2.20. The molecule has 146 valence electrons. The van der Waals surface area contributed by atoms with Crippen LogP contribution in [0.3, 0.4) is 0 Å². The second kappa shape index (κ2) is 7.14. The number of alkyl halides is 2. The molecule has 3 aromatic rings. The second-order valence-electron chi connectivity index (χ2n) is 5.64. The maximum atomic E-state index is 14.2. The van der Waals surface area contributed by atoms with Crippen molar-refractivity contribution in [2.75, 3.05) is 0 Å². The number of benzene rings is 3. The first-order valence-electron chi connectivity index (χ1n) is 7.55. The van der Waals surface area contributed by atoms with Crippen LogP contribution in [0.5, 0.6) is 5.75 Å². The van der Waals surface area contributed by atoms with Gasteiger partial charge in [0.25, 0.3) is 0 Å². The summed E-state index contributed by atoms with van der Waals surface area (Å²) < 4.78 is 113. The van der Waals surface area contributed by atoms with Gasteiger partial charge in [0.2, 0.25) is 0 Å². The van der Waals surface area contributed by atoms with Crippen LogP contribution in [0.1, 0.15) is 5.56 Å². The highest BCUT2D eigenvalue weighted by atomic mass is 19.3. The minimum absolute atomic E-state index is 0.0243. The smallest absolute Gasteiger partial charge is 0.429 e. The molecule has 1 nitrogen and oxygen atoms in total. The van der Waals surface area contributed by atoms with E-state index >= 15 is 0 Å². The average molecular weight is 404 g/mol. The van der Waals surface area contributed by atoms with Crippen molar-refractivity contribution in [1.29, 1.82) is 0 Å². The lowest BCUT2D eigenvalue weighted by atomic mass is 10.0. The Morgan fingerprint density at radius 3 is 1.75 bits per heavy atom. The highest BCUT2D eigenvalue weighted by Gasteiger charge is 2.41. The number of halogens is 8. The third-order valence-electron chi connectivity index (χ3n) is 3.69. The average Bonchev–Trinajstić information content (AvgIpc) is 2.58. The quantitative estimate of drug-likeness (QED) is 0.366. The zero-order valence-corrected chi connectivity index (χ0v) is 13.6. The third kappa shape index (κ3) is 3.78. The molecule has 0 saturated heterocycles. The second-order valence-corrected chi connectivity index (χ2v) is 5.64. The molecule has 0 heterocycles. The molecule has 0 unspecified atom stereocenters. The summed E-state index contributed by atoms with van der Waals surface area (Å²) in [5.41, 5.74) is -2.04. The van der Waals surface area contributed by atoms with Crippen LogP contribution in [-0.4, -0.2) is 0 Å². The van der Waals surface area contributed by atoms with Crippen molar-refractivity contribution in [3.63, 3.8) is 0 Å². The highest BCUT2D eigenvalue weighted by molar-refractivity contribution is 5.64. The Morgan fingerprint density at radius 2 is 1.21 bits per heavy atom. The fraction of sp³-hybridized carbons (Fsp3) is 0.0526. The fourth-order valence-electron chi connectivity index (χ4n) is 2.48. The van der Waals surface area contributed by atoms with E-state index in [0.29, 0.717) is 12.1 Å². The largest absolute Gasteiger partial charge is 0.432 e. The highest BCUT2D eigenvalue weighted by Crippen LogP contribution is 2.37. The van der Waals surface area contributed by atoms with E-state index in [4.69, 9.17) is 0 Å². The predicted octanol–water partition coefficient (Wildman–Crippen LogP) is 6.32. The van der Waals surface area contributed by atoms with Gasteiger partial charge in [0, 0.05) is 12.1 Å². The summed E-state index contributed by atoms with van der Waals surface area (Å²) >= 11 is 0. The van der Waals surface area contributed by atoms with E-state index in [0.717, 1.165) is 12.1 Å². The fourth-order valence-corrected chi connectivity index (χ4v) is 2.48. The molecule has 3 aromatic carbocycles. The van der Waals surface area contributed by atoms with Gasteiger partial charge in [-0.2, -0.15) is 8.78 Å². The lowest BCUT2D eigenvalue weighted by Crippen LogP contribution is -2.25. The van der Waals surface area contributed by atoms with Crippen LogP contribution >= 0.6 is 0 Å². The number of rotatable bonds is 4. The van der Waals surface area contributed by atoms with Gasteiger partial charge in [0.05, 0.1) is 0 Å². The molecular weight excluding hydrogens is 396 g/mol. The van der Waals surface area contributed by atoms with Crippen LogP contribution in [0.4, 0.5) is 35.1 Å². The lowest BCUT2D eigenvalue weighted by molar-refractivity contribution is -0.189. The first kappa shape index (κ1) is 19.7. The molecule has 0 N–H and O–H groups in total. The molecule has 9 heteroatoms. The molecule has 0 bridgehead atoms. The molecule has 0 saturated carbocycles. The molecular formula is C19H8F8O. The van der Waals surface area contributed by atoms with Crippen molar-refractivity contribution in [2.45, 2.75) is 6.11 Å². The van der Waals surface area contributed by atoms with Gasteiger partial charge in [-0.3, -0.25) is 0 Å².